The van der Waals surface area contributed by atoms with Gasteiger partial charge in [0.2, 0.25) is 6.79 Å². The van der Waals surface area contributed by atoms with Crippen LogP contribution in [0.5, 0.6) is 11.5 Å². The lowest BCUT2D eigenvalue weighted by molar-refractivity contribution is -0.132. The molecule has 7 nitrogen and oxygen atoms in total. The first kappa shape index (κ1) is 15.2. The summed E-state index contributed by atoms with van der Waals surface area (Å²) in [6.45, 7) is 0.123. The van der Waals surface area contributed by atoms with Gasteiger partial charge in [0.25, 0.3) is 5.91 Å². The van der Waals surface area contributed by atoms with Crippen LogP contribution in [0.2, 0.25) is 0 Å². The van der Waals surface area contributed by atoms with E-state index < -0.39 is 11.9 Å². The standard InChI is InChI=1S/C15H10BrNO6/c16-13-4-3-11(23-13)14(18)17-9(15(19)20)5-8-1-2-10-12(6-8)22-7-21-10/h1-6H,7H2,(H,17,18)(H,19,20)/b9-5-. The van der Waals surface area contributed by atoms with Gasteiger partial charge in [-0.25, -0.2) is 4.79 Å². The van der Waals surface area contributed by atoms with Gasteiger partial charge in [-0.05, 0) is 51.8 Å². The molecule has 0 fully saturated rings. The number of aliphatic carboxylic acids is 1. The maximum Gasteiger partial charge on any atom is 0.352 e. The summed E-state index contributed by atoms with van der Waals surface area (Å²) in [7, 11) is 0. The Bertz CT molecular complexity index is 810. The zero-order valence-electron chi connectivity index (χ0n) is 11.5. The molecule has 1 aliphatic heterocycles. The van der Waals surface area contributed by atoms with Crippen LogP contribution in [0, 0.1) is 0 Å². The molecule has 0 atom stereocenters. The van der Waals surface area contributed by atoms with Crippen molar-refractivity contribution in [3.8, 4) is 11.5 Å². The monoisotopic (exact) mass is 379 g/mol. The highest BCUT2D eigenvalue weighted by Crippen LogP contribution is 2.33. The molecule has 0 aliphatic carbocycles. The zero-order chi connectivity index (χ0) is 16.4. The molecule has 2 heterocycles. The topological polar surface area (TPSA) is 98.0 Å². The van der Waals surface area contributed by atoms with Gasteiger partial charge in [-0.1, -0.05) is 6.07 Å². The summed E-state index contributed by atoms with van der Waals surface area (Å²) >= 11 is 3.07. The van der Waals surface area contributed by atoms with Crippen molar-refractivity contribution in [2.45, 2.75) is 0 Å². The number of carbonyl (C=O) groups excluding carboxylic acids is 1. The normalized spacial score (nSPS) is 13.0. The fourth-order valence-electron chi connectivity index (χ4n) is 1.94. The van der Waals surface area contributed by atoms with E-state index in [1.165, 1.54) is 18.2 Å². The second-order valence-electron chi connectivity index (χ2n) is 4.53. The van der Waals surface area contributed by atoms with E-state index in [4.69, 9.17) is 13.9 Å². The Kier molecular flexibility index (Phi) is 4.07. The average Bonchev–Trinajstić information content (AvgIpc) is 3.14. The van der Waals surface area contributed by atoms with Gasteiger partial charge >= 0.3 is 5.97 Å². The van der Waals surface area contributed by atoms with Crippen LogP contribution >= 0.6 is 15.9 Å². The Morgan fingerprint density at radius 2 is 1.96 bits per heavy atom. The van der Waals surface area contributed by atoms with Gasteiger partial charge < -0.3 is 24.3 Å². The van der Waals surface area contributed by atoms with E-state index in [0.717, 1.165) is 0 Å². The molecule has 1 aromatic carbocycles. The summed E-state index contributed by atoms with van der Waals surface area (Å²) in [5, 5.41) is 11.5. The van der Waals surface area contributed by atoms with Gasteiger partial charge in [0.1, 0.15) is 5.70 Å². The SMILES string of the molecule is O=C(O)/C(=C/c1ccc2c(c1)OCO2)NC(=O)c1ccc(Br)o1. The van der Waals surface area contributed by atoms with Crippen LogP contribution in [-0.4, -0.2) is 23.8 Å². The summed E-state index contributed by atoms with van der Waals surface area (Å²) in [4.78, 5) is 23.3. The van der Waals surface area contributed by atoms with Crippen LogP contribution < -0.4 is 14.8 Å². The van der Waals surface area contributed by atoms with Gasteiger partial charge in [-0.2, -0.15) is 0 Å². The first-order valence-electron chi connectivity index (χ1n) is 6.44. The maximum absolute atomic E-state index is 12.0. The number of carboxylic acid groups (broad SMARTS) is 1. The van der Waals surface area contributed by atoms with Crippen molar-refractivity contribution < 1.29 is 28.6 Å². The molecule has 1 aromatic heterocycles. The maximum atomic E-state index is 12.0. The smallest absolute Gasteiger partial charge is 0.352 e. The first-order chi connectivity index (χ1) is 11.0. The van der Waals surface area contributed by atoms with E-state index in [2.05, 4.69) is 21.2 Å². The number of fused-ring (bicyclic) bond motifs is 1. The van der Waals surface area contributed by atoms with Gasteiger partial charge in [-0.15, -0.1) is 0 Å². The number of ether oxygens (including phenoxy) is 2. The van der Waals surface area contributed by atoms with E-state index in [9.17, 15) is 14.7 Å². The Labute approximate surface area is 138 Å². The van der Waals surface area contributed by atoms with Crippen molar-refractivity contribution in [1.29, 1.82) is 0 Å². The molecule has 0 saturated heterocycles. The van der Waals surface area contributed by atoms with Crippen LogP contribution in [0.1, 0.15) is 16.1 Å². The Hall–Kier alpha value is -2.74. The van der Waals surface area contributed by atoms with Crippen molar-refractivity contribution >= 4 is 33.9 Å². The molecule has 2 N–H and O–H groups in total. The quantitative estimate of drug-likeness (QED) is 0.792. The summed E-state index contributed by atoms with van der Waals surface area (Å²) in [6.07, 6.45) is 1.32. The minimum atomic E-state index is -1.28. The number of furan rings is 1. The molecule has 3 rings (SSSR count). The Morgan fingerprint density at radius 1 is 1.17 bits per heavy atom. The summed E-state index contributed by atoms with van der Waals surface area (Å²) in [6, 6.07) is 7.92. The fourth-order valence-corrected chi connectivity index (χ4v) is 2.25. The minimum absolute atomic E-state index is 0.00490. The molecule has 2 aromatic rings. The fraction of sp³-hybridized carbons (Fsp3) is 0.0667. The van der Waals surface area contributed by atoms with Crippen molar-refractivity contribution in [3.05, 3.63) is 52.0 Å². The molecule has 0 spiro atoms. The molecule has 23 heavy (non-hydrogen) atoms. The number of halogens is 1. The van der Waals surface area contributed by atoms with Crippen molar-refractivity contribution in [3.63, 3.8) is 0 Å². The zero-order valence-corrected chi connectivity index (χ0v) is 13.1. The highest BCUT2D eigenvalue weighted by Gasteiger charge is 2.17. The molecule has 0 radical (unpaired) electrons. The molecule has 0 saturated carbocycles. The predicted octanol–water partition coefficient (Wildman–Crippen LogP) is 2.63. The Morgan fingerprint density at radius 3 is 2.65 bits per heavy atom. The van der Waals surface area contributed by atoms with Gasteiger partial charge in [-0.3, -0.25) is 4.79 Å². The lowest BCUT2D eigenvalue weighted by Gasteiger charge is -2.05. The minimum Gasteiger partial charge on any atom is -0.477 e. The van der Waals surface area contributed by atoms with Crippen molar-refractivity contribution in [1.82, 2.24) is 5.32 Å². The van der Waals surface area contributed by atoms with E-state index in [1.807, 2.05) is 0 Å². The summed E-state index contributed by atoms with van der Waals surface area (Å²) in [5.41, 5.74) is 0.258. The highest BCUT2D eigenvalue weighted by atomic mass is 79.9. The van der Waals surface area contributed by atoms with E-state index in [1.54, 1.807) is 18.2 Å². The van der Waals surface area contributed by atoms with Gasteiger partial charge in [0, 0.05) is 0 Å². The highest BCUT2D eigenvalue weighted by molar-refractivity contribution is 9.10. The van der Waals surface area contributed by atoms with Crippen molar-refractivity contribution in [2.75, 3.05) is 6.79 Å². The van der Waals surface area contributed by atoms with Crippen LogP contribution in [-0.2, 0) is 4.79 Å². The lowest BCUT2D eigenvalue weighted by Crippen LogP contribution is -2.26. The molecular formula is C15H10BrNO6. The molecule has 0 bridgehead atoms. The lowest BCUT2D eigenvalue weighted by atomic mass is 10.1. The number of carboxylic acids is 1. The van der Waals surface area contributed by atoms with Crippen LogP contribution in [0.25, 0.3) is 6.08 Å². The van der Waals surface area contributed by atoms with E-state index in [0.29, 0.717) is 21.7 Å². The second-order valence-corrected chi connectivity index (χ2v) is 5.32. The van der Waals surface area contributed by atoms with Crippen LogP contribution in [0.4, 0.5) is 0 Å². The first-order valence-corrected chi connectivity index (χ1v) is 7.23. The van der Waals surface area contributed by atoms with Crippen LogP contribution in [0.15, 0.2) is 45.1 Å². The van der Waals surface area contributed by atoms with E-state index >= 15 is 0 Å². The second kappa shape index (κ2) is 6.17. The molecule has 8 heteroatoms. The molecule has 118 valence electrons. The number of carbonyl (C=O) groups is 2. The van der Waals surface area contributed by atoms with Crippen LogP contribution in [0.3, 0.4) is 0 Å². The molecular weight excluding hydrogens is 370 g/mol. The Balaban J connectivity index is 1.83. The average molecular weight is 380 g/mol. The van der Waals surface area contributed by atoms with E-state index in [-0.39, 0.29) is 18.3 Å². The molecule has 1 amide bonds. The number of benzene rings is 1. The number of rotatable bonds is 4. The number of amides is 1. The third kappa shape index (κ3) is 3.37. The number of hydrogen-bond donors (Lipinski definition) is 2. The molecule has 1 aliphatic rings. The summed E-state index contributed by atoms with van der Waals surface area (Å²) in [5.74, 6) is -0.838. The largest absolute Gasteiger partial charge is 0.477 e. The third-order valence-corrected chi connectivity index (χ3v) is 3.41. The predicted molar refractivity (Wildman–Crippen MR) is 82.1 cm³/mol. The third-order valence-electron chi connectivity index (χ3n) is 2.98. The molecule has 0 unspecified atom stereocenters. The number of nitrogens with one attached hydrogen (secondary N) is 1. The van der Waals surface area contributed by atoms with Gasteiger partial charge in [0.15, 0.2) is 21.9 Å². The van der Waals surface area contributed by atoms with Crippen molar-refractivity contribution in [2.24, 2.45) is 0 Å². The number of hydrogen-bond acceptors (Lipinski definition) is 5. The van der Waals surface area contributed by atoms with Gasteiger partial charge in [0.05, 0.1) is 0 Å². The summed E-state index contributed by atoms with van der Waals surface area (Å²) < 4.78 is 15.9.